The standard InChI is InChI=1S/C15H24N2O3S/c1-3-17-8-7-13(11-17)10-16-21(19,20)15-6-4-5-14(9-15)12(2)18/h4-6,9,12-13,16,18H,3,7-8,10-11H2,1-2H3. The van der Waals surface area contributed by atoms with Gasteiger partial charge < -0.3 is 10.0 Å². The highest BCUT2D eigenvalue weighted by molar-refractivity contribution is 7.89. The maximum Gasteiger partial charge on any atom is 0.240 e. The summed E-state index contributed by atoms with van der Waals surface area (Å²) in [5.74, 6) is 0.375. The second kappa shape index (κ2) is 6.87. The third-order valence-electron chi connectivity index (χ3n) is 4.03. The third-order valence-corrected chi connectivity index (χ3v) is 5.45. The van der Waals surface area contributed by atoms with Crippen molar-refractivity contribution in [3.8, 4) is 0 Å². The van der Waals surface area contributed by atoms with E-state index in [9.17, 15) is 13.5 Å². The lowest BCUT2D eigenvalue weighted by molar-refractivity contribution is 0.199. The van der Waals surface area contributed by atoms with E-state index in [4.69, 9.17) is 0 Å². The lowest BCUT2D eigenvalue weighted by Gasteiger charge is -2.14. The maximum absolute atomic E-state index is 12.3. The molecule has 0 aliphatic carbocycles. The molecule has 2 N–H and O–H groups in total. The predicted molar refractivity (Wildman–Crippen MR) is 82.5 cm³/mol. The van der Waals surface area contributed by atoms with Gasteiger partial charge in [0.15, 0.2) is 0 Å². The van der Waals surface area contributed by atoms with Crippen LogP contribution in [0.3, 0.4) is 0 Å². The van der Waals surface area contributed by atoms with Crippen molar-refractivity contribution in [2.24, 2.45) is 5.92 Å². The van der Waals surface area contributed by atoms with Gasteiger partial charge in [0.1, 0.15) is 0 Å². The first-order chi connectivity index (χ1) is 9.92. The van der Waals surface area contributed by atoms with Crippen LogP contribution in [0.2, 0.25) is 0 Å². The highest BCUT2D eigenvalue weighted by atomic mass is 32.2. The van der Waals surface area contributed by atoms with Crippen molar-refractivity contribution in [1.82, 2.24) is 9.62 Å². The molecule has 1 heterocycles. The molecule has 6 heteroatoms. The molecule has 1 aliphatic rings. The summed E-state index contributed by atoms with van der Waals surface area (Å²) in [7, 11) is -3.51. The molecule has 1 aromatic rings. The van der Waals surface area contributed by atoms with Crippen LogP contribution in [0.25, 0.3) is 0 Å². The summed E-state index contributed by atoms with van der Waals surface area (Å²) in [6.45, 7) is 7.22. The van der Waals surface area contributed by atoms with E-state index in [-0.39, 0.29) is 4.90 Å². The number of hydrogen-bond acceptors (Lipinski definition) is 4. The molecule has 1 aromatic carbocycles. The molecule has 2 unspecified atom stereocenters. The lowest BCUT2D eigenvalue weighted by atomic mass is 10.1. The first-order valence-corrected chi connectivity index (χ1v) is 8.90. The van der Waals surface area contributed by atoms with E-state index in [1.807, 2.05) is 0 Å². The average molecular weight is 312 g/mol. The number of nitrogens with one attached hydrogen (secondary N) is 1. The first kappa shape index (κ1) is 16.4. The smallest absolute Gasteiger partial charge is 0.240 e. The molecule has 1 aliphatic heterocycles. The van der Waals surface area contributed by atoms with E-state index in [0.29, 0.717) is 18.0 Å². The monoisotopic (exact) mass is 312 g/mol. The maximum atomic E-state index is 12.3. The van der Waals surface area contributed by atoms with Crippen molar-refractivity contribution < 1.29 is 13.5 Å². The lowest BCUT2D eigenvalue weighted by Crippen LogP contribution is -2.31. The molecule has 5 nitrogen and oxygen atoms in total. The Morgan fingerprint density at radius 2 is 2.24 bits per heavy atom. The van der Waals surface area contributed by atoms with E-state index in [1.165, 1.54) is 6.07 Å². The fourth-order valence-electron chi connectivity index (χ4n) is 2.62. The Balaban J connectivity index is 2.00. The summed E-state index contributed by atoms with van der Waals surface area (Å²) >= 11 is 0. The van der Waals surface area contributed by atoms with Crippen LogP contribution in [-0.2, 0) is 10.0 Å². The normalized spacial score (nSPS) is 21.6. The van der Waals surface area contributed by atoms with Crippen molar-refractivity contribution in [2.75, 3.05) is 26.2 Å². The zero-order valence-electron chi connectivity index (χ0n) is 12.6. The predicted octanol–water partition coefficient (Wildman–Crippen LogP) is 1.36. The Morgan fingerprint density at radius 3 is 2.86 bits per heavy atom. The quantitative estimate of drug-likeness (QED) is 0.832. The third kappa shape index (κ3) is 4.26. The SMILES string of the molecule is CCN1CCC(CNS(=O)(=O)c2cccc(C(C)O)c2)C1. The Hall–Kier alpha value is -0.950. The molecule has 0 spiro atoms. The van der Waals surface area contributed by atoms with Crippen LogP contribution in [-0.4, -0.2) is 44.6 Å². The number of rotatable bonds is 6. The molecule has 2 atom stereocenters. The largest absolute Gasteiger partial charge is 0.389 e. The second-order valence-electron chi connectivity index (χ2n) is 5.65. The van der Waals surface area contributed by atoms with Gasteiger partial charge in [-0.1, -0.05) is 19.1 Å². The van der Waals surface area contributed by atoms with E-state index < -0.39 is 16.1 Å². The van der Waals surface area contributed by atoms with Crippen molar-refractivity contribution in [2.45, 2.75) is 31.3 Å². The van der Waals surface area contributed by atoms with Crippen LogP contribution in [0.4, 0.5) is 0 Å². The molecule has 1 saturated heterocycles. The van der Waals surface area contributed by atoms with Gasteiger partial charge >= 0.3 is 0 Å². The van der Waals surface area contributed by atoms with Crippen LogP contribution in [0.15, 0.2) is 29.2 Å². The van der Waals surface area contributed by atoms with Gasteiger partial charge in [-0.05, 0) is 50.0 Å². The molecule has 0 saturated carbocycles. The van der Waals surface area contributed by atoms with E-state index in [2.05, 4.69) is 16.5 Å². The van der Waals surface area contributed by atoms with Gasteiger partial charge in [0.2, 0.25) is 10.0 Å². The van der Waals surface area contributed by atoms with Crippen molar-refractivity contribution >= 4 is 10.0 Å². The Morgan fingerprint density at radius 1 is 1.48 bits per heavy atom. The molecule has 1 fully saturated rings. The summed E-state index contributed by atoms with van der Waals surface area (Å²) in [5, 5.41) is 9.55. The number of likely N-dealkylation sites (tertiary alicyclic amines) is 1. The summed E-state index contributed by atoms with van der Waals surface area (Å²) in [6, 6.07) is 6.46. The molecule has 0 amide bonds. The van der Waals surface area contributed by atoms with Crippen LogP contribution < -0.4 is 4.72 Å². The van der Waals surface area contributed by atoms with Gasteiger partial charge in [-0.15, -0.1) is 0 Å². The Labute approximate surface area is 127 Å². The summed E-state index contributed by atoms with van der Waals surface area (Å²) in [4.78, 5) is 2.54. The number of sulfonamides is 1. The van der Waals surface area contributed by atoms with Crippen LogP contribution >= 0.6 is 0 Å². The molecule has 21 heavy (non-hydrogen) atoms. The van der Waals surface area contributed by atoms with E-state index >= 15 is 0 Å². The van der Waals surface area contributed by atoms with E-state index in [1.54, 1.807) is 25.1 Å². The van der Waals surface area contributed by atoms with Crippen molar-refractivity contribution in [3.05, 3.63) is 29.8 Å². The van der Waals surface area contributed by atoms with Crippen molar-refractivity contribution in [1.29, 1.82) is 0 Å². The minimum Gasteiger partial charge on any atom is -0.389 e. The number of aliphatic hydroxyl groups is 1. The topological polar surface area (TPSA) is 69.6 Å². The zero-order valence-corrected chi connectivity index (χ0v) is 13.4. The number of benzene rings is 1. The van der Waals surface area contributed by atoms with Gasteiger partial charge in [0, 0.05) is 13.1 Å². The van der Waals surface area contributed by atoms with Gasteiger partial charge in [-0.2, -0.15) is 0 Å². The molecular weight excluding hydrogens is 288 g/mol. The number of hydrogen-bond donors (Lipinski definition) is 2. The minimum absolute atomic E-state index is 0.214. The van der Waals surface area contributed by atoms with Crippen molar-refractivity contribution in [3.63, 3.8) is 0 Å². The number of nitrogens with zero attached hydrogens (tertiary/aromatic N) is 1. The Kier molecular flexibility index (Phi) is 5.37. The Bertz CT molecular complexity index is 572. The summed E-state index contributed by atoms with van der Waals surface area (Å²) in [6.07, 6.45) is 0.359. The first-order valence-electron chi connectivity index (χ1n) is 7.42. The fraction of sp³-hybridized carbons (Fsp3) is 0.600. The summed E-state index contributed by atoms with van der Waals surface area (Å²) in [5.41, 5.74) is 0.607. The highest BCUT2D eigenvalue weighted by Crippen LogP contribution is 2.19. The molecule has 0 aromatic heterocycles. The molecule has 118 valence electrons. The van der Waals surface area contributed by atoms with Crippen LogP contribution in [0, 0.1) is 5.92 Å². The molecule has 0 bridgehead atoms. The van der Waals surface area contributed by atoms with Gasteiger partial charge in [-0.3, -0.25) is 0 Å². The minimum atomic E-state index is -3.51. The summed E-state index contributed by atoms with van der Waals surface area (Å²) < 4.78 is 27.3. The van der Waals surface area contributed by atoms with Crippen LogP contribution in [0.5, 0.6) is 0 Å². The fourth-order valence-corrected chi connectivity index (χ4v) is 3.79. The molecule has 0 radical (unpaired) electrons. The van der Waals surface area contributed by atoms with Crippen LogP contribution in [0.1, 0.15) is 31.9 Å². The average Bonchev–Trinajstić information content (AvgIpc) is 2.93. The van der Waals surface area contributed by atoms with Gasteiger partial charge in [0.25, 0.3) is 0 Å². The molecule has 2 rings (SSSR count). The highest BCUT2D eigenvalue weighted by Gasteiger charge is 2.23. The van der Waals surface area contributed by atoms with E-state index in [0.717, 1.165) is 26.1 Å². The van der Waals surface area contributed by atoms with Gasteiger partial charge in [-0.25, -0.2) is 13.1 Å². The molecular formula is C15H24N2O3S. The number of aliphatic hydroxyl groups excluding tert-OH is 1. The zero-order chi connectivity index (χ0) is 15.5. The van der Waals surface area contributed by atoms with Gasteiger partial charge in [0.05, 0.1) is 11.0 Å². The second-order valence-corrected chi connectivity index (χ2v) is 7.42.